The highest BCUT2D eigenvalue weighted by atomic mass is 16.2. The fourth-order valence-electron chi connectivity index (χ4n) is 1.74. The van der Waals surface area contributed by atoms with Crippen LogP contribution < -0.4 is 5.43 Å². The summed E-state index contributed by atoms with van der Waals surface area (Å²) in [7, 11) is 0. The van der Waals surface area contributed by atoms with Crippen LogP contribution in [0.25, 0.3) is 0 Å². The third-order valence-electron chi connectivity index (χ3n) is 2.59. The molecule has 1 aliphatic heterocycles. The van der Waals surface area contributed by atoms with Crippen LogP contribution >= 0.6 is 0 Å². The molecule has 4 nitrogen and oxygen atoms in total. The first kappa shape index (κ1) is 8.69. The van der Waals surface area contributed by atoms with Gasteiger partial charge in [-0.05, 0) is 25.7 Å². The van der Waals surface area contributed by atoms with E-state index >= 15 is 0 Å². The molecule has 0 spiro atoms. The molecular weight excluding hydrogens is 168 g/mol. The number of carbonyl (C=O) groups excluding carboxylic acids is 2. The number of hydrazine groups is 1. The van der Waals surface area contributed by atoms with E-state index < -0.39 is 0 Å². The molecule has 4 heteroatoms. The Labute approximate surface area is 77.3 Å². The van der Waals surface area contributed by atoms with Crippen LogP contribution in [-0.4, -0.2) is 29.3 Å². The number of carbonyl (C=O) groups is 2. The van der Waals surface area contributed by atoms with E-state index in [1.165, 1.54) is 24.8 Å². The van der Waals surface area contributed by atoms with Crippen molar-refractivity contribution in [1.29, 1.82) is 0 Å². The van der Waals surface area contributed by atoms with Gasteiger partial charge in [0.05, 0.1) is 6.54 Å². The van der Waals surface area contributed by atoms with Crippen LogP contribution in [0.1, 0.15) is 26.2 Å². The summed E-state index contributed by atoms with van der Waals surface area (Å²) in [4.78, 5) is 22.2. The van der Waals surface area contributed by atoms with Crippen molar-refractivity contribution in [2.75, 3.05) is 6.54 Å². The van der Waals surface area contributed by atoms with Crippen LogP contribution in [0.4, 0.5) is 0 Å². The normalized spacial score (nSPS) is 28.2. The van der Waals surface area contributed by atoms with E-state index in [4.69, 9.17) is 0 Å². The molecule has 1 heterocycles. The molecule has 1 atom stereocenters. The molecule has 1 saturated carbocycles. The third-order valence-corrected chi connectivity index (χ3v) is 2.59. The quantitative estimate of drug-likeness (QED) is 0.673. The van der Waals surface area contributed by atoms with Gasteiger partial charge < -0.3 is 0 Å². The van der Waals surface area contributed by atoms with Crippen molar-refractivity contribution in [2.24, 2.45) is 5.92 Å². The second-order valence-corrected chi connectivity index (χ2v) is 3.96. The maximum absolute atomic E-state index is 11.4. The van der Waals surface area contributed by atoms with Gasteiger partial charge in [-0.15, -0.1) is 0 Å². The predicted octanol–water partition coefficient (Wildman–Crippen LogP) is 0.0909. The summed E-state index contributed by atoms with van der Waals surface area (Å²) in [6.45, 7) is 1.71. The first-order valence-corrected chi connectivity index (χ1v) is 4.73. The van der Waals surface area contributed by atoms with Crippen molar-refractivity contribution in [2.45, 2.75) is 32.2 Å². The molecule has 72 valence electrons. The highest BCUT2D eigenvalue weighted by Gasteiger charge is 2.39. The van der Waals surface area contributed by atoms with Crippen LogP contribution in [-0.2, 0) is 9.59 Å². The minimum Gasteiger partial charge on any atom is -0.298 e. The van der Waals surface area contributed by atoms with Crippen molar-refractivity contribution in [3.63, 3.8) is 0 Å². The molecule has 2 fully saturated rings. The minimum absolute atomic E-state index is 0.0253. The fourth-order valence-corrected chi connectivity index (χ4v) is 1.74. The van der Waals surface area contributed by atoms with Crippen LogP contribution in [0.5, 0.6) is 0 Å². The topological polar surface area (TPSA) is 49.4 Å². The monoisotopic (exact) mass is 182 g/mol. The summed E-state index contributed by atoms with van der Waals surface area (Å²) in [5.41, 5.74) is 3.10. The first-order valence-electron chi connectivity index (χ1n) is 4.73. The smallest absolute Gasteiger partial charge is 0.238 e. The zero-order valence-electron chi connectivity index (χ0n) is 7.75. The number of hydrogen-bond donors (Lipinski definition) is 1. The largest absolute Gasteiger partial charge is 0.298 e. The van der Waals surface area contributed by atoms with Crippen molar-refractivity contribution in [1.82, 2.24) is 10.4 Å². The molecule has 1 aliphatic carbocycles. The van der Waals surface area contributed by atoms with Crippen molar-refractivity contribution in [3.8, 4) is 0 Å². The molecule has 0 aromatic carbocycles. The third kappa shape index (κ3) is 1.88. The lowest BCUT2D eigenvalue weighted by Gasteiger charge is -2.15. The van der Waals surface area contributed by atoms with Gasteiger partial charge >= 0.3 is 0 Å². The van der Waals surface area contributed by atoms with Crippen LogP contribution in [0.15, 0.2) is 0 Å². The van der Waals surface area contributed by atoms with Gasteiger partial charge in [-0.2, -0.15) is 0 Å². The molecule has 1 amide bonds. The SMILES string of the molecule is CC(=O)CN1NC(C2CC2)CC1=O. The lowest BCUT2D eigenvalue weighted by atomic mass is 10.1. The van der Waals surface area contributed by atoms with E-state index in [1.54, 1.807) is 0 Å². The fraction of sp³-hybridized carbons (Fsp3) is 0.778. The lowest BCUT2D eigenvalue weighted by Crippen LogP contribution is -2.41. The number of ketones is 1. The number of nitrogens with one attached hydrogen (secondary N) is 1. The van der Waals surface area contributed by atoms with Gasteiger partial charge in [0.25, 0.3) is 0 Å². The molecule has 2 aliphatic rings. The highest BCUT2D eigenvalue weighted by molar-refractivity contribution is 5.85. The van der Waals surface area contributed by atoms with E-state index in [2.05, 4.69) is 5.43 Å². The summed E-state index contributed by atoms with van der Waals surface area (Å²) in [5.74, 6) is 0.755. The Morgan fingerprint density at radius 2 is 2.31 bits per heavy atom. The molecule has 13 heavy (non-hydrogen) atoms. The summed E-state index contributed by atoms with van der Waals surface area (Å²) in [5, 5.41) is 1.46. The Balaban J connectivity index is 1.90. The van der Waals surface area contributed by atoms with Gasteiger partial charge in [-0.1, -0.05) is 0 Å². The number of amides is 1. The lowest BCUT2D eigenvalue weighted by molar-refractivity contribution is -0.133. The number of rotatable bonds is 3. The first-order chi connectivity index (χ1) is 6.16. The average molecular weight is 182 g/mol. The molecular formula is C9H14N2O2. The minimum atomic E-state index is 0.0253. The summed E-state index contributed by atoms with van der Waals surface area (Å²) >= 11 is 0. The van der Waals surface area contributed by atoms with Crippen molar-refractivity contribution < 1.29 is 9.59 Å². The van der Waals surface area contributed by atoms with Crippen LogP contribution in [0.2, 0.25) is 0 Å². The number of hydrogen-bond acceptors (Lipinski definition) is 3. The second-order valence-electron chi connectivity index (χ2n) is 3.96. The van der Waals surface area contributed by atoms with Gasteiger partial charge in [0, 0.05) is 12.5 Å². The Bertz CT molecular complexity index is 248. The van der Waals surface area contributed by atoms with Gasteiger partial charge in [0.15, 0.2) is 5.78 Å². The van der Waals surface area contributed by atoms with E-state index in [9.17, 15) is 9.59 Å². The van der Waals surface area contributed by atoms with E-state index in [0.29, 0.717) is 18.4 Å². The van der Waals surface area contributed by atoms with Gasteiger partial charge in [0.1, 0.15) is 0 Å². The maximum Gasteiger partial charge on any atom is 0.238 e. The number of Topliss-reactive ketones (excluding diaryl/α,β-unsaturated/α-hetero) is 1. The van der Waals surface area contributed by atoms with E-state index in [0.717, 1.165) is 0 Å². The Morgan fingerprint density at radius 1 is 1.62 bits per heavy atom. The van der Waals surface area contributed by atoms with E-state index in [-0.39, 0.29) is 18.2 Å². The molecule has 1 unspecified atom stereocenters. The molecule has 0 radical (unpaired) electrons. The van der Waals surface area contributed by atoms with Gasteiger partial charge in [-0.25, -0.2) is 5.43 Å². The molecule has 0 aromatic heterocycles. The second kappa shape index (κ2) is 3.10. The summed E-state index contributed by atoms with van der Waals surface area (Å²) in [6.07, 6.45) is 3.01. The predicted molar refractivity (Wildman–Crippen MR) is 46.7 cm³/mol. The molecule has 0 bridgehead atoms. The van der Waals surface area contributed by atoms with Crippen molar-refractivity contribution in [3.05, 3.63) is 0 Å². The Kier molecular flexibility index (Phi) is 2.07. The van der Waals surface area contributed by atoms with Crippen LogP contribution in [0, 0.1) is 5.92 Å². The maximum atomic E-state index is 11.4. The van der Waals surface area contributed by atoms with Crippen molar-refractivity contribution >= 4 is 11.7 Å². The summed E-state index contributed by atoms with van der Waals surface area (Å²) in [6, 6.07) is 0.298. The van der Waals surface area contributed by atoms with Gasteiger partial charge in [-0.3, -0.25) is 14.6 Å². The molecule has 1 saturated heterocycles. The molecule has 0 aromatic rings. The van der Waals surface area contributed by atoms with E-state index in [1.807, 2.05) is 0 Å². The van der Waals surface area contributed by atoms with Crippen LogP contribution in [0.3, 0.4) is 0 Å². The highest BCUT2D eigenvalue weighted by Crippen LogP contribution is 2.36. The summed E-state index contributed by atoms with van der Waals surface area (Å²) < 4.78 is 0. The Morgan fingerprint density at radius 3 is 2.85 bits per heavy atom. The molecule has 1 N–H and O–H groups in total. The zero-order valence-corrected chi connectivity index (χ0v) is 7.75. The van der Waals surface area contributed by atoms with Gasteiger partial charge in [0.2, 0.25) is 5.91 Å². The Hall–Kier alpha value is -0.900. The average Bonchev–Trinajstić information content (AvgIpc) is 2.79. The molecule has 2 rings (SSSR count). The zero-order chi connectivity index (χ0) is 9.42. The standard InChI is InChI=1S/C9H14N2O2/c1-6(12)5-11-9(13)4-8(10-11)7-2-3-7/h7-8,10H,2-5H2,1H3. The number of nitrogens with zero attached hydrogens (tertiary/aromatic N) is 1.